The van der Waals surface area contributed by atoms with Gasteiger partial charge in [0.1, 0.15) is 0 Å². The van der Waals surface area contributed by atoms with E-state index >= 15 is 0 Å². The second-order valence-corrected chi connectivity index (χ2v) is 4.74. The number of nitrogens with zero attached hydrogens (tertiary/aromatic N) is 1. The molecular formula is C14H16BrNO2. The summed E-state index contributed by atoms with van der Waals surface area (Å²) in [6, 6.07) is 5.06. The first-order valence-corrected chi connectivity index (χ1v) is 6.33. The Hall–Kier alpha value is -1.39. The summed E-state index contributed by atoms with van der Waals surface area (Å²) in [5, 5.41) is 8.89. The lowest BCUT2D eigenvalue weighted by atomic mass is 10.1. The van der Waals surface area contributed by atoms with Crippen LogP contribution in [0.25, 0.3) is 0 Å². The molecule has 0 saturated carbocycles. The maximum absolute atomic E-state index is 10.8. The number of benzene rings is 1. The lowest BCUT2D eigenvalue weighted by Gasteiger charge is -2.19. The van der Waals surface area contributed by atoms with Gasteiger partial charge in [-0.05, 0) is 17.7 Å². The molecule has 0 heterocycles. The third-order valence-electron chi connectivity index (χ3n) is 2.47. The van der Waals surface area contributed by atoms with E-state index in [1.807, 2.05) is 18.2 Å². The van der Waals surface area contributed by atoms with E-state index in [9.17, 15) is 4.79 Å². The molecule has 0 aliphatic rings. The van der Waals surface area contributed by atoms with Crippen molar-refractivity contribution in [3.8, 4) is 0 Å². The summed E-state index contributed by atoms with van der Waals surface area (Å²) in [4.78, 5) is 13.0. The summed E-state index contributed by atoms with van der Waals surface area (Å²) in [6.07, 6.45) is 3.67. The van der Waals surface area contributed by atoms with Crippen molar-refractivity contribution >= 4 is 21.9 Å². The fraction of sp³-hybridized carbons (Fsp3) is 0.214. The molecule has 96 valence electrons. The number of aromatic carboxylic acids is 1. The van der Waals surface area contributed by atoms with E-state index < -0.39 is 5.97 Å². The average Bonchev–Trinajstić information content (AvgIpc) is 2.32. The van der Waals surface area contributed by atoms with Gasteiger partial charge in [0.25, 0.3) is 0 Å². The van der Waals surface area contributed by atoms with Gasteiger partial charge in [-0.25, -0.2) is 4.79 Å². The van der Waals surface area contributed by atoms with E-state index in [2.05, 4.69) is 34.0 Å². The number of carboxylic acids is 1. The van der Waals surface area contributed by atoms with Crippen LogP contribution in [-0.4, -0.2) is 29.1 Å². The lowest BCUT2D eigenvalue weighted by molar-refractivity contribution is 0.0697. The smallest absolute Gasteiger partial charge is 0.335 e. The molecule has 4 heteroatoms. The summed E-state index contributed by atoms with van der Waals surface area (Å²) in [6.45, 7) is 9.68. The van der Waals surface area contributed by atoms with Crippen LogP contribution in [0.2, 0.25) is 0 Å². The van der Waals surface area contributed by atoms with Gasteiger partial charge < -0.3 is 5.11 Å². The molecule has 0 saturated heterocycles. The molecule has 1 N–H and O–H groups in total. The molecule has 3 nitrogen and oxygen atoms in total. The normalized spacial score (nSPS) is 10.3. The minimum absolute atomic E-state index is 0.282. The Morgan fingerprint density at radius 1 is 1.33 bits per heavy atom. The molecule has 1 rings (SSSR count). The molecule has 1 aromatic rings. The minimum atomic E-state index is -0.920. The van der Waals surface area contributed by atoms with E-state index in [1.165, 1.54) is 0 Å². The third kappa shape index (κ3) is 4.13. The van der Waals surface area contributed by atoms with Gasteiger partial charge >= 0.3 is 5.97 Å². The van der Waals surface area contributed by atoms with Gasteiger partial charge in [0.2, 0.25) is 0 Å². The highest BCUT2D eigenvalue weighted by Crippen LogP contribution is 2.20. The predicted molar refractivity (Wildman–Crippen MR) is 76.8 cm³/mol. The second-order valence-electron chi connectivity index (χ2n) is 3.88. The number of rotatable bonds is 7. The van der Waals surface area contributed by atoms with Crippen molar-refractivity contribution in [2.24, 2.45) is 0 Å². The highest BCUT2D eigenvalue weighted by molar-refractivity contribution is 9.10. The largest absolute Gasteiger partial charge is 0.478 e. The van der Waals surface area contributed by atoms with Crippen molar-refractivity contribution in [3.05, 3.63) is 59.1 Å². The van der Waals surface area contributed by atoms with Crippen LogP contribution in [0.5, 0.6) is 0 Å². The van der Waals surface area contributed by atoms with Crippen molar-refractivity contribution in [1.29, 1.82) is 0 Å². The Morgan fingerprint density at radius 2 is 1.94 bits per heavy atom. The summed E-state index contributed by atoms with van der Waals surface area (Å²) in [7, 11) is 0. The SMILES string of the molecule is C=CCN(CC=C)Cc1ccc(C(=O)O)cc1Br. The number of carboxylic acid groups (broad SMARTS) is 1. The van der Waals surface area contributed by atoms with Gasteiger partial charge in [0, 0.05) is 24.1 Å². The first-order valence-electron chi connectivity index (χ1n) is 5.54. The van der Waals surface area contributed by atoms with Crippen molar-refractivity contribution in [1.82, 2.24) is 4.90 Å². The van der Waals surface area contributed by atoms with Gasteiger partial charge in [-0.15, -0.1) is 13.2 Å². The monoisotopic (exact) mass is 309 g/mol. The summed E-state index contributed by atoms with van der Waals surface area (Å²) < 4.78 is 0.806. The van der Waals surface area contributed by atoms with E-state index in [0.717, 1.165) is 29.7 Å². The number of carbonyl (C=O) groups is 1. The molecule has 0 amide bonds. The van der Waals surface area contributed by atoms with Crippen molar-refractivity contribution < 1.29 is 9.90 Å². The topological polar surface area (TPSA) is 40.5 Å². The Bertz CT molecular complexity index is 447. The van der Waals surface area contributed by atoms with Crippen LogP contribution in [0.1, 0.15) is 15.9 Å². The molecule has 0 bridgehead atoms. The Kier molecular flexibility index (Phi) is 5.82. The standard InChI is InChI=1S/C14H16BrNO2/c1-3-7-16(8-4-2)10-12-6-5-11(14(17)18)9-13(12)15/h3-6,9H,1-2,7-8,10H2,(H,17,18). The maximum Gasteiger partial charge on any atom is 0.335 e. The van der Waals surface area contributed by atoms with Gasteiger partial charge in [-0.2, -0.15) is 0 Å². The highest BCUT2D eigenvalue weighted by Gasteiger charge is 2.09. The zero-order valence-electron chi connectivity index (χ0n) is 10.1. The van der Waals surface area contributed by atoms with Gasteiger partial charge in [0.15, 0.2) is 0 Å². The number of hydrogen-bond acceptors (Lipinski definition) is 2. The zero-order valence-corrected chi connectivity index (χ0v) is 11.7. The van der Waals surface area contributed by atoms with Crippen molar-refractivity contribution in [2.45, 2.75) is 6.54 Å². The lowest BCUT2D eigenvalue weighted by Crippen LogP contribution is -2.23. The highest BCUT2D eigenvalue weighted by atomic mass is 79.9. The van der Waals surface area contributed by atoms with E-state index in [1.54, 1.807) is 12.1 Å². The molecule has 0 atom stereocenters. The van der Waals surface area contributed by atoms with Gasteiger partial charge in [-0.1, -0.05) is 34.1 Å². The Labute approximate surface area is 116 Å². The molecule has 0 aliphatic heterocycles. The quantitative estimate of drug-likeness (QED) is 0.785. The van der Waals surface area contributed by atoms with E-state index in [0.29, 0.717) is 0 Å². The zero-order chi connectivity index (χ0) is 13.5. The first-order chi connectivity index (χ1) is 8.58. The fourth-order valence-electron chi connectivity index (χ4n) is 1.62. The third-order valence-corrected chi connectivity index (χ3v) is 3.21. The van der Waals surface area contributed by atoms with Crippen molar-refractivity contribution in [2.75, 3.05) is 13.1 Å². The van der Waals surface area contributed by atoms with Crippen LogP contribution in [-0.2, 0) is 6.54 Å². The summed E-state index contributed by atoms with van der Waals surface area (Å²) in [5.74, 6) is -0.920. The van der Waals surface area contributed by atoms with E-state index in [4.69, 9.17) is 5.11 Å². The first kappa shape index (κ1) is 14.7. The summed E-state index contributed by atoms with van der Waals surface area (Å²) in [5.41, 5.74) is 1.33. The molecule has 0 radical (unpaired) electrons. The van der Waals surface area contributed by atoms with Crippen LogP contribution in [0.15, 0.2) is 48.0 Å². The molecule has 0 fully saturated rings. The number of hydrogen-bond donors (Lipinski definition) is 1. The Morgan fingerprint density at radius 3 is 2.39 bits per heavy atom. The molecule has 18 heavy (non-hydrogen) atoms. The molecule has 1 aromatic carbocycles. The summed E-state index contributed by atoms with van der Waals surface area (Å²) >= 11 is 3.40. The molecule has 0 aromatic heterocycles. The average molecular weight is 310 g/mol. The van der Waals surface area contributed by atoms with Gasteiger partial charge in [0.05, 0.1) is 5.56 Å². The maximum atomic E-state index is 10.8. The van der Waals surface area contributed by atoms with Crippen molar-refractivity contribution in [3.63, 3.8) is 0 Å². The van der Waals surface area contributed by atoms with Crippen LogP contribution in [0.4, 0.5) is 0 Å². The van der Waals surface area contributed by atoms with Gasteiger partial charge in [-0.3, -0.25) is 4.90 Å². The van der Waals surface area contributed by atoms with Crippen LogP contribution in [0, 0.1) is 0 Å². The van der Waals surface area contributed by atoms with Crippen LogP contribution < -0.4 is 0 Å². The van der Waals surface area contributed by atoms with Crippen LogP contribution >= 0.6 is 15.9 Å². The molecule has 0 aliphatic carbocycles. The molecule has 0 unspecified atom stereocenters. The predicted octanol–water partition coefficient (Wildman–Crippen LogP) is 3.32. The second kappa shape index (κ2) is 7.13. The molecular weight excluding hydrogens is 294 g/mol. The molecule has 0 spiro atoms. The minimum Gasteiger partial charge on any atom is -0.478 e. The van der Waals surface area contributed by atoms with E-state index in [-0.39, 0.29) is 5.56 Å². The number of halogens is 1. The fourth-order valence-corrected chi connectivity index (χ4v) is 2.12. The Balaban J connectivity index is 2.85. The van der Waals surface area contributed by atoms with Crippen LogP contribution in [0.3, 0.4) is 0 Å².